The molecule has 1 heterocycles. The first-order chi connectivity index (χ1) is 13.6. The van der Waals surface area contributed by atoms with Gasteiger partial charge in [-0.2, -0.15) is 5.10 Å². The molecule has 3 aromatic rings. The molecular weight excluding hydrogens is 401 g/mol. The van der Waals surface area contributed by atoms with E-state index in [9.17, 15) is 4.39 Å². The molecule has 0 aliphatic carbocycles. The summed E-state index contributed by atoms with van der Waals surface area (Å²) in [7, 11) is 0. The molecule has 0 saturated carbocycles. The smallest absolute Gasteiger partial charge is 0.203 e. The van der Waals surface area contributed by atoms with Crippen molar-refractivity contribution in [3.8, 4) is 22.8 Å². The summed E-state index contributed by atoms with van der Waals surface area (Å²) in [4.78, 5) is 4.44. The predicted octanol–water partition coefficient (Wildman–Crippen LogP) is 5.85. The first-order valence-electron chi connectivity index (χ1n) is 8.70. The molecule has 146 valence electrons. The molecule has 0 unspecified atom stereocenters. The lowest BCUT2D eigenvalue weighted by Crippen LogP contribution is -2.00. The summed E-state index contributed by atoms with van der Waals surface area (Å²) in [5.74, 6) is 0.827. The zero-order valence-electron chi connectivity index (χ0n) is 15.4. The molecule has 0 fully saturated rings. The Kier molecular flexibility index (Phi) is 6.84. The van der Waals surface area contributed by atoms with Crippen molar-refractivity contribution in [2.24, 2.45) is 5.10 Å². The van der Waals surface area contributed by atoms with E-state index in [2.05, 4.69) is 15.5 Å². The molecule has 3 rings (SSSR count). The molecule has 0 bridgehead atoms. The van der Waals surface area contributed by atoms with E-state index in [0.717, 1.165) is 16.8 Å². The van der Waals surface area contributed by atoms with Crippen molar-refractivity contribution in [1.29, 1.82) is 0 Å². The SMILES string of the molecule is CCOc1cc(/C=N\Nc2nc(-c3ccc(F)cc3)cs2)cc(Cl)c1OCC. The quantitative estimate of drug-likeness (QED) is 0.367. The predicted molar refractivity (Wildman–Crippen MR) is 113 cm³/mol. The van der Waals surface area contributed by atoms with Gasteiger partial charge in [0.1, 0.15) is 5.82 Å². The van der Waals surface area contributed by atoms with Crippen molar-refractivity contribution in [3.05, 3.63) is 58.2 Å². The highest BCUT2D eigenvalue weighted by Crippen LogP contribution is 2.36. The number of hydrogen-bond acceptors (Lipinski definition) is 6. The first-order valence-corrected chi connectivity index (χ1v) is 9.96. The van der Waals surface area contributed by atoms with Crippen LogP contribution in [-0.2, 0) is 0 Å². The molecule has 5 nitrogen and oxygen atoms in total. The summed E-state index contributed by atoms with van der Waals surface area (Å²) >= 11 is 7.71. The number of aromatic nitrogens is 1. The number of anilines is 1. The highest BCUT2D eigenvalue weighted by atomic mass is 35.5. The number of nitrogens with one attached hydrogen (secondary N) is 1. The van der Waals surface area contributed by atoms with Crippen LogP contribution in [0.15, 0.2) is 46.9 Å². The fraction of sp³-hybridized carbons (Fsp3) is 0.200. The fourth-order valence-corrected chi connectivity index (χ4v) is 3.39. The Bertz CT molecular complexity index is 961. The third kappa shape index (κ3) is 4.99. The van der Waals surface area contributed by atoms with E-state index >= 15 is 0 Å². The zero-order chi connectivity index (χ0) is 19.9. The highest BCUT2D eigenvalue weighted by Gasteiger charge is 2.11. The maximum absolute atomic E-state index is 13.0. The van der Waals surface area contributed by atoms with E-state index in [1.165, 1.54) is 23.5 Å². The van der Waals surface area contributed by atoms with Crippen LogP contribution in [0.5, 0.6) is 11.5 Å². The molecule has 0 aliphatic heterocycles. The van der Waals surface area contributed by atoms with Gasteiger partial charge in [-0.25, -0.2) is 9.37 Å². The second-order valence-electron chi connectivity index (χ2n) is 5.61. The second-order valence-corrected chi connectivity index (χ2v) is 6.88. The Morgan fingerprint density at radius 3 is 2.64 bits per heavy atom. The van der Waals surface area contributed by atoms with E-state index < -0.39 is 0 Å². The average Bonchev–Trinajstić information content (AvgIpc) is 3.14. The molecule has 0 spiro atoms. The van der Waals surface area contributed by atoms with Crippen molar-refractivity contribution >= 4 is 34.3 Å². The Morgan fingerprint density at radius 1 is 1.18 bits per heavy atom. The minimum absolute atomic E-state index is 0.276. The third-order valence-electron chi connectivity index (χ3n) is 3.64. The van der Waals surface area contributed by atoms with Gasteiger partial charge in [-0.15, -0.1) is 11.3 Å². The summed E-state index contributed by atoms with van der Waals surface area (Å²) in [5, 5.41) is 7.17. The van der Waals surface area contributed by atoms with E-state index in [-0.39, 0.29) is 5.82 Å². The largest absolute Gasteiger partial charge is 0.490 e. The molecule has 0 atom stereocenters. The number of benzene rings is 2. The molecule has 0 aliphatic rings. The van der Waals surface area contributed by atoms with Crippen LogP contribution in [0.1, 0.15) is 19.4 Å². The Labute approximate surface area is 171 Å². The molecule has 0 saturated heterocycles. The monoisotopic (exact) mass is 419 g/mol. The van der Waals surface area contributed by atoms with Crippen LogP contribution in [-0.4, -0.2) is 24.4 Å². The van der Waals surface area contributed by atoms with Gasteiger partial charge in [0.15, 0.2) is 11.5 Å². The molecule has 0 amide bonds. The van der Waals surface area contributed by atoms with Gasteiger partial charge in [-0.05, 0) is 55.8 Å². The molecule has 2 aromatic carbocycles. The van der Waals surface area contributed by atoms with Gasteiger partial charge in [-0.1, -0.05) is 11.6 Å². The number of thiazole rings is 1. The number of hydrazone groups is 1. The van der Waals surface area contributed by atoms with Crippen LogP contribution < -0.4 is 14.9 Å². The number of halogens is 2. The van der Waals surface area contributed by atoms with Crippen molar-refractivity contribution in [1.82, 2.24) is 4.98 Å². The van der Waals surface area contributed by atoms with Crippen molar-refractivity contribution in [2.45, 2.75) is 13.8 Å². The first kappa shape index (κ1) is 20.1. The van der Waals surface area contributed by atoms with Crippen molar-refractivity contribution in [3.63, 3.8) is 0 Å². The lowest BCUT2D eigenvalue weighted by molar-refractivity contribution is 0.288. The van der Waals surface area contributed by atoms with Gasteiger partial charge >= 0.3 is 0 Å². The van der Waals surface area contributed by atoms with Gasteiger partial charge in [0, 0.05) is 10.9 Å². The molecule has 1 N–H and O–H groups in total. The highest BCUT2D eigenvalue weighted by molar-refractivity contribution is 7.14. The maximum atomic E-state index is 13.0. The number of ether oxygens (including phenoxy) is 2. The van der Waals surface area contributed by atoms with Crippen molar-refractivity contribution < 1.29 is 13.9 Å². The Balaban J connectivity index is 1.71. The van der Waals surface area contributed by atoms with Crippen LogP contribution in [0, 0.1) is 5.82 Å². The average molecular weight is 420 g/mol. The van der Waals surface area contributed by atoms with E-state index in [4.69, 9.17) is 21.1 Å². The van der Waals surface area contributed by atoms with E-state index in [0.29, 0.717) is 34.9 Å². The molecule has 1 aromatic heterocycles. The summed E-state index contributed by atoms with van der Waals surface area (Å²) < 4.78 is 24.2. The lowest BCUT2D eigenvalue weighted by Gasteiger charge is -2.13. The van der Waals surface area contributed by atoms with E-state index in [1.807, 2.05) is 25.3 Å². The lowest BCUT2D eigenvalue weighted by atomic mass is 10.2. The van der Waals surface area contributed by atoms with Gasteiger partial charge < -0.3 is 9.47 Å². The Morgan fingerprint density at radius 2 is 1.93 bits per heavy atom. The number of hydrogen-bond donors (Lipinski definition) is 1. The van der Waals surface area contributed by atoms with Crippen LogP contribution in [0.25, 0.3) is 11.3 Å². The fourth-order valence-electron chi connectivity index (χ4n) is 2.45. The van der Waals surface area contributed by atoms with Crippen molar-refractivity contribution in [2.75, 3.05) is 18.6 Å². The minimum atomic E-state index is -0.276. The maximum Gasteiger partial charge on any atom is 0.203 e. The zero-order valence-corrected chi connectivity index (χ0v) is 17.0. The van der Waals surface area contributed by atoms with Gasteiger partial charge in [-0.3, -0.25) is 5.43 Å². The summed E-state index contributed by atoms with van der Waals surface area (Å²) in [6.07, 6.45) is 1.63. The Hall–Kier alpha value is -2.64. The van der Waals surface area contributed by atoms with Gasteiger partial charge in [0.25, 0.3) is 0 Å². The third-order valence-corrected chi connectivity index (χ3v) is 4.67. The summed E-state index contributed by atoms with van der Waals surface area (Å²) in [6, 6.07) is 9.77. The molecular formula is C20H19ClFN3O2S. The van der Waals surface area contributed by atoms with Crippen LogP contribution in [0.3, 0.4) is 0 Å². The minimum Gasteiger partial charge on any atom is -0.490 e. The number of rotatable bonds is 8. The van der Waals surface area contributed by atoms with E-state index in [1.54, 1.807) is 24.4 Å². The van der Waals surface area contributed by atoms with Gasteiger partial charge in [0.05, 0.1) is 30.1 Å². The summed E-state index contributed by atoms with van der Waals surface area (Å²) in [6.45, 7) is 4.78. The standard InChI is InChI=1S/C20H19ClFN3O2S/c1-3-26-18-10-13(9-16(21)19(18)27-4-2)11-23-25-20-24-17(12-28-20)14-5-7-15(22)8-6-14/h5-12H,3-4H2,1-2H3,(H,24,25)/b23-11-. The summed E-state index contributed by atoms with van der Waals surface area (Å²) in [5.41, 5.74) is 5.25. The van der Waals surface area contributed by atoms with Crippen LogP contribution in [0.4, 0.5) is 9.52 Å². The second kappa shape index (κ2) is 9.52. The molecule has 8 heteroatoms. The molecule has 0 radical (unpaired) electrons. The normalized spacial score (nSPS) is 11.0. The van der Waals surface area contributed by atoms with Gasteiger partial charge in [0.2, 0.25) is 5.13 Å². The topological polar surface area (TPSA) is 55.7 Å². The number of nitrogens with zero attached hydrogens (tertiary/aromatic N) is 2. The van der Waals surface area contributed by atoms with Crippen LogP contribution in [0.2, 0.25) is 5.02 Å². The van der Waals surface area contributed by atoms with Crippen LogP contribution >= 0.6 is 22.9 Å². The molecule has 28 heavy (non-hydrogen) atoms.